The molecule has 1 saturated heterocycles. The van der Waals surface area contributed by atoms with Gasteiger partial charge in [-0.1, -0.05) is 6.07 Å². The predicted octanol–water partition coefficient (Wildman–Crippen LogP) is 3.74. The van der Waals surface area contributed by atoms with Gasteiger partial charge < -0.3 is 28.7 Å². The molecule has 8 heteroatoms. The fraction of sp³-hybridized carbons (Fsp3) is 0.519. The molecule has 0 N–H and O–H groups in total. The molecule has 2 aromatic carbocycles. The first kappa shape index (κ1) is 25.5. The van der Waals surface area contributed by atoms with Crippen LogP contribution in [0.25, 0.3) is 0 Å². The first-order chi connectivity index (χ1) is 16.6. The minimum absolute atomic E-state index is 0. The van der Waals surface area contributed by atoms with Crippen LogP contribution in [-0.2, 0) is 24.1 Å². The smallest absolute Gasteiger partial charge is 0.231 e. The van der Waals surface area contributed by atoms with Crippen molar-refractivity contribution in [3.8, 4) is 23.0 Å². The zero-order valence-corrected chi connectivity index (χ0v) is 21.4. The maximum atomic E-state index is 13.1. The first-order valence-corrected chi connectivity index (χ1v) is 12.3. The fourth-order valence-corrected chi connectivity index (χ4v) is 5.41. The highest BCUT2D eigenvalue weighted by Crippen LogP contribution is 2.36. The predicted molar refractivity (Wildman–Crippen MR) is 136 cm³/mol. The Bertz CT molecular complexity index is 1050. The summed E-state index contributed by atoms with van der Waals surface area (Å²) >= 11 is 0. The van der Waals surface area contributed by atoms with Crippen LogP contribution in [0.2, 0.25) is 0 Å². The highest BCUT2D eigenvalue weighted by atomic mass is 35.5. The largest absolute Gasteiger partial charge is 0.493 e. The minimum Gasteiger partial charge on any atom is -0.493 e. The van der Waals surface area contributed by atoms with E-state index in [1.54, 1.807) is 14.2 Å². The Kier molecular flexibility index (Phi) is 8.29. The number of methoxy groups -OCH3 is 2. The molecule has 1 atom stereocenters. The lowest BCUT2D eigenvalue weighted by atomic mass is 9.96. The number of rotatable bonds is 7. The lowest BCUT2D eigenvalue weighted by Crippen LogP contribution is -2.44. The third-order valence-electron chi connectivity index (χ3n) is 7.29. The average Bonchev–Trinajstić information content (AvgIpc) is 3.26. The monoisotopic (exact) mass is 502 g/mol. The van der Waals surface area contributed by atoms with Gasteiger partial charge in [-0.3, -0.25) is 4.79 Å². The van der Waals surface area contributed by atoms with Crippen LogP contribution >= 0.6 is 12.4 Å². The quantitative estimate of drug-likeness (QED) is 0.575. The lowest BCUT2D eigenvalue weighted by Gasteiger charge is -2.35. The summed E-state index contributed by atoms with van der Waals surface area (Å²) in [7, 11) is 3.34. The number of piperidine rings is 1. The zero-order valence-electron chi connectivity index (χ0n) is 20.6. The number of fused-ring (bicyclic) bond motifs is 2. The number of halogens is 1. The molecule has 0 saturated carbocycles. The number of nitrogens with zero attached hydrogens (tertiary/aromatic N) is 2. The third kappa shape index (κ3) is 5.78. The number of hydrogen-bond donors (Lipinski definition) is 0. The van der Waals surface area contributed by atoms with E-state index in [1.165, 1.54) is 24.0 Å². The van der Waals surface area contributed by atoms with Crippen molar-refractivity contribution in [1.29, 1.82) is 0 Å². The summed E-state index contributed by atoms with van der Waals surface area (Å²) in [6.07, 6.45) is 4.65. The Labute approximate surface area is 213 Å². The van der Waals surface area contributed by atoms with Gasteiger partial charge in [0, 0.05) is 26.2 Å². The van der Waals surface area contributed by atoms with Gasteiger partial charge in [0.25, 0.3) is 0 Å². The van der Waals surface area contributed by atoms with Gasteiger partial charge in [0.05, 0.1) is 20.6 Å². The number of carbonyl (C=O) groups is 1. The maximum Gasteiger partial charge on any atom is 0.231 e. The Balaban J connectivity index is 0.00000289. The highest BCUT2D eigenvalue weighted by molar-refractivity contribution is 5.85. The van der Waals surface area contributed by atoms with E-state index in [0.717, 1.165) is 74.1 Å². The Morgan fingerprint density at radius 1 is 1.00 bits per heavy atom. The van der Waals surface area contributed by atoms with Gasteiger partial charge in [0.15, 0.2) is 23.0 Å². The van der Waals surface area contributed by atoms with Crippen molar-refractivity contribution in [3.05, 3.63) is 47.0 Å². The second kappa shape index (κ2) is 11.4. The van der Waals surface area contributed by atoms with E-state index in [0.29, 0.717) is 12.3 Å². The molecule has 2 aromatic rings. The van der Waals surface area contributed by atoms with Crippen molar-refractivity contribution >= 4 is 18.3 Å². The van der Waals surface area contributed by atoms with Crippen LogP contribution < -0.4 is 18.9 Å². The SMILES string of the molecule is COc1ccc(CCN2CCCC(CN3CCc4cc5c(cc4CC3=O)OCO5)C2)cc1OC.Cl. The van der Waals surface area contributed by atoms with Gasteiger partial charge in [-0.25, -0.2) is 0 Å². The van der Waals surface area contributed by atoms with Gasteiger partial charge in [-0.2, -0.15) is 0 Å². The molecule has 5 rings (SSSR count). The van der Waals surface area contributed by atoms with Crippen LogP contribution in [0.15, 0.2) is 30.3 Å². The van der Waals surface area contributed by atoms with E-state index in [-0.39, 0.29) is 25.1 Å². The zero-order chi connectivity index (χ0) is 23.5. The molecule has 0 bridgehead atoms. The van der Waals surface area contributed by atoms with E-state index in [1.807, 2.05) is 12.1 Å². The molecule has 1 fully saturated rings. The molecule has 0 aliphatic carbocycles. The van der Waals surface area contributed by atoms with Crippen LogP contribution in [0, 0.1) is 5.92 Å². The topological polar surface area (TPSA) is 60.5 Å². The molecular weight excluding hydrogens is 468 g/mol. The molecular formula is C27H35ClN2O5. The normalized spacial score (nSPS) is 19.5. The van der Waals surface area contributed by atoms with Crippen LogP contribution in [0.1, 0.15) is 29.5 Å². The Hall–Kier alpha value is -2.64. The lowest BCUT2D eigenvalue weighted by molar-refractivity contribution is -0.131. The second-order valence-corrected chi connectivity index (χ2v) is 9.49. The summed E-state index contributed by atoms with van der Waals surface area (Å²) in [6.45, 7) is 5.05. The third-order valence-corrected chi connectivity index (χ3v) is 7.29. The summed E-state index contributed by atoms with van der Waals surface area (Å²) in [4.78, 5) is 17.7. The van der Waals surface area contributed by atoms with Crippen LogP contribution in [0.5, 0.6) is 23.0 Å². The van der Waals surface area contributed by atoms with E-state index >= 15 is 0 Å². The molecule has 35 heavy (non-hydrogen) atoms. The summed E-state index contributed by atoms with van der Waals surface area (Å²) in [5.41, 5.74) is 3.54. The molecule has 3 heterocycles. The Morgan fingerprint density at radius 3 is 2.54 bits per heavy atom. The van der Waals surface area contributed by atoms with Crippen molar-refractivity contribution in [3.63, 3.8) is 0 Å². The van der Waals surface area contributed by atoms with Crippen molar-refractivity contribution in [2.45, 2.75) is 32.1 Å². The van der Waals surface area contributed by atoms with Gasteiger partial charge in [0.2, 0.25) is 12.7 Å². The van der Waals surface area contributed by atoms with Crippen molar-refractivity contribution in [2.24, 2.45) is 5.92 Å². The molecule has 0 spiro atoms. The molecule has 190 valence electrons. The molecule has 1 amide bonds. The van der Waals surface area contributed by atoms with Gasteiger partial charge >= 0.3 is 0 Å². The second-order valence-electron chi connectivity index (χ2n) is 9.49. The van der Waals surface area contributed by atoms with Crippen molar-refractivity contribution in [2.75, 3.05) is 53.7 Å². The number of carbonyl (C=O) groups excluding carboxylic acids is 1. The van der Waals surface area contributed by atoms with Crippen molar-refractivity contribution in [1.82, 2.24) is 9.80 Å². The molecule has 3 aliphatic rings. The number of ether oxygens (including phenoxy) is 4. The van der Waals surface area contributed by atoms with E-state index in [4.69, 9.17) is 18.9 Å². The van der Waals surface area contributed by atoms with Gasteiger partial charge in [-0.15, -0.1) is 12.4 Å². The number of likely N-dealkylation sites (tertiary alicyclic amines) is 1. The van der Waals surface area contributed by atoms with Crippen LogP contribution in [0.4, 0.5) is 0 Å². The summed E-state index contributed by atoms with van der Waals surface area (Å²) in [5, 5.41) is 0. The van der Waals surface area contributed by atoms with E-state index in [2.05, 4.69) is 28.0 Å². The van der Waals surface area contributed by atoms with Crippen LogP contribution in [-0.4, -0.2) is 69.4 Å². The maximum absolute atomic E-state index is 13.1. The first-order valence-electron chi connectivity index (χ1n) is 12.3. The van der Waals surface area contributed by atoms with Gasteiger partial charge in [0.1, 0.15) is 0 Å². The highest BCUT2D eigenvalue weighted by Gasteiger charge is 2.28. The Morgan fingerprint density at radius 2 is 1.77 bits per heavy atom. The number of amides is 1. The van der Waals surface area contributed by atoms with Crippen LogP contribution in [0.3, 0.4) is 0 Å². The summed E-state index contributed by atoms with van der Waals surface area (Å²) in [6, 6.07) is 10.2. The number of benzene rings is 2. The minimum atomic E-state index is 0. The van der Waals surface area contributed by atoms with E-state index < -0.39 is 0 Å². The average molecular weight is 503 g/mol. The molecule has 1 unspecified atom stereocenters. The molecule has 3 aliphatic heterocycles. The molecule has 0 radical (unpaired) electrons. The number of hydrogen-bond acceptors (Lipinski definition) is 6. The molecule has 7 nitrogen and oxygen atoms in total. The van der Waals surface area contributed by atoms with Gasteiger partial charge in [-0.05, 0) is 79.1 Å². The molecule has 0 aromatic heterocycles. The fourth-order valence-electron chi connectivity index (χ4n) is 5.41. The standard InChI is InChI=1S/C27H34N2O5.ClH/c1-31-23-6-5-19(12-24(23)32-2)7-10-28-9-3-4-20(16-28)17-29-11-8-21-13-25-26(34-18-33-25)14-22(21)15-27(29)30;/h5-6,12-14,20H,3-4,7-11,15-18H2,1-2H3;1H. The summed E-state index contributed by atoms with van der Waals surface area (Å²) < 4.78 is 21.8. The summed E-state index contributed by atoms with van der Waals surface area (Å²) in [5.74, 6) is 3.84. The van der Waals surface area contributed by atoms with E-state index in [9.17, 15) is 4.79 Å². The van der Waals surface area contributed by atoms with Crippen molar-refractivity contribution < 1.29 is 23.7 Å².